The van der Waals surface area contributed by atoms with Crippen molar-refractivity contribution in [2.75, 3.05) is 14.2 Å². The molecule has 1 atom stereocenters. The molecule has 13 heavy (non-hydrogen) atoms. The second-order valence-electron chi connectivity index (χ2n) is 2.35. The van der Waals surface area contributed by atoms with Crippen LogP contribution in [0, 0.1) is 0 Å². The number of aldehydes is 1. The lowest BCUT2D eigenvalue weighted by molar-refractivity contribution is -0.125. The van der Waals surface area contributed by atoms with Crippen molar-refractivity contribution in [2.45, 2.75) is 6.10 Å². The average Bonchev–Trinajstić information content (AvgIpc) is 2.17. The molecule has 0 radical (unpaired) electrons. The maximum Gasteiger partial charge on any atom is 0.233 e. The second kappa shape index (κ2) is 3.95. The molecule has 1 rings (SSSR count). The first-order chi connectivity index (χ1) is 6.24. The molecule has 0 saturated carbocycles. The quantitative estimate of drug-likeness (QED) is 0.564. The van der Waals surface area contributed by atoms with E-state index in [1.165, 1.54) is 20.4 Å². The van der Waals surface area contributed by atoms with Gasteiger partial charge in [0.05, 0.1) is 13.3 Å². The molecule has 1 aliphatic rings. The summed E-state index contributed by atoms with van der Waals surface area (Å²) in [4.78, 5) is 25.6. The minimum Gasteiger partial charge on any atom is -0.491 e. The van der Waals surface area contributed by atoms with Gasteiger partial charge >= 0.3 is 0 Å². The van der Waals surface area contributed by atoms with Gasteiger partial charge < -0.3 is 9.47 Å². The number of nitrogens with zero attached hydrogens (tertiary/aromatic N) is 1. The Morgan fingerprint density at radius 2 is 2.23 bits per heavy atom. The Morgan fingerprint density at radius 1 is 1.54 bits per heavy atom. The fourth-order valence-electron chi connectivity index (χ4n) is 1.00. The van der Waals surface area contributed by atoms with Gasteiger partial charge in [-0.25, -0.2) is 0 Å². The number of ether oxygens (including phenoxy) is 2. The molecule has 0 aromatic carbocycles. The van der Waals surface area contributed by atoms with E-state index in [4.69, 9.17) is 9.47 Å². The van der Waals surface area contributed by atoms with Gasteiger partial charge in [0.2, 0.25) is 5.78 Å². The van der Waals surface area contributed by atoms with Crippen LogP contribution in [-0.2, 0) is 19.1 Å². The summed E-state index contributed by atoms with van der Waals surface area (Å²) in [6.45, 7) is 0. The molecule has 0 N–H and O–H groups in total. The Balaban J connectivity index is 3.00. The van der Waals surface area contributed by atoms with Crippen LogP contribution in [0.5, 0.6) is 0 Å². The summed E-state index contributed by atoms with van der Waals surface area (Å²) in [7, 11) is 2.69. The Kier molecular flexibility index (Phi) is 2.92. The number of carbonyl (C=O) groups excluding carboxylic acids is 2. The number of Topliss-reactive ketones (excluding diaryl/α,β-unsaturated/α-hetero) is 1. The fraction of sp³-hybridized carbons (Fsp3) is 0.375. The van der Waals surface area contributed by atoms with Crippen molar-refractivity contribution in [1.29, 1.82) is 0 Å². The van der Waals surface area contributed by atoms with Gasteiger partial charge in [0.25, 0.3) is 0 Å². The first kappa shape index (κ1) is 9.60. The number of aliphatic imine (C=N–C) groups is 1. The van der Waals surface area contributed by atoms with Crippen LogP contribution in [-0.4, -0.2) is 38.1 Å². The van der Waals surface area contributed by atoms with Crippen LogP contribution in [0.4, 0.5) is 0 Å². The van der Waals surface area contributed by atoms with Crippen molar-refractivity contribution in [3.05, 3.63) is 12.0 Å². The topological polar surface area (TPSA) is 65.0 Å². The monoisotopic (exact) mass is 183 g/mol. The highest BCUT2D eigenvalue weighted by atomic mass is 16.5. The van der Waals surface area contributed by atoms with E-state index in [2.05, 4.69) is 4.99 Å². The number of ketones is 1. The molecule has 0 bridgehead atoms. The lowest BCUT2D eigenvalue weighted by atomic mass is 10.1. The third-order valence-corrected chi connectivity index (χ3v) is 1.66. The predicted octanol–water partition coefficient (Wildman–Crippen LogP) is -0.288. The van der Waals surface area contributed by atoms with Gasteiger partial charge in [0.15, 0.2) is 18.1 Å². The molecular formula is C8H9NO4. The number of methoxy groups -OCH3 is 2. The van der Waals surface area contributed by atoms with Gasteiger partial charge in [0, 0.05) is 7.11 Å². The standard InChI is InChI=1S/C8H9NO4/c1-12-6-3-9-5(4-10)8(13-2)7(6)11/h3-4,8H,1-2H3. The van der Waals surface area contributed by atoms with Gasteiger partial charge in [-0.3, -0.25) is 14.6 Å². The zero-order chi connectivity index (χ0) is 9.84. The smallest absolute Gasteiger partial charge is 0.233 e. The highest BCUT2D eigenvalue weighted by Gasteiger charge is 2.30. The summed E-state index contributed by atoms with van der Waals surface area (Å²) in [5.41, 5.74) is 0.0632. The van der Waals surface area contributed by atoms with Crippen LogP contribution < -0.4 is 0 Å². The van der Waals surface area contributed by atoms with Crippen molar-refractivity contribution in [3.63, 3.8) is 0 Å². The molecule has 0 aromatic rings. The van der Waals surface area contributed by atoms with Gasteiger partial charge in [-0.2, -0.15) is 0 Å². The van der Waals surface area contributed by atoms with Gasteiger partial charge in [-0.15, -0.1) is 0 Å². The molecule has 0 saturated heterocycles. The van der Waals surface area contributed by atoms with Gasteiger partial charge in [-0.05, 0) is 0 Å². The summed E-state index contributed by atoms with van der Waals surface area (Å²) in [6, 6.07) is 0. The van der Waals surface area contributed by atoms with E-state index >= 15 is 0 Å². The maximum absolute atomic E-state index is 11.4. The number of rotatable bonds is 3. The zero-order valence-corrected chi connectivity index (χ0v) is 7.31. The zero-order valence-electron chi connectivity index (χ0n) is 7.31. The molecule has 1 aliphatic heterocycles. The molecular weight excluding hydrogens is 174 g/mol. The average molecular weight is 183 g/mol. The van der Waals surface area contributed by atoms with Crippen molar-refractivity contribution >= 4 is 17.8 Å². The molecule has 0 fully saturated rings. The van der Waals surface area contributed by atoms with E-state index in [0.717, 1.165) is 0 Å². The van der Waals surface area contributed by atoms with Gasteiger partial charge in [-0.1, -0.05) is 0 Å². The first-order valence-electron chi connectivity index (χ1n) is 3.58. The largest absolute Gasteiger partial charge is 0.491 e. The predicted molar refractivity (Wildman–Crippen MR) is 44.4 cm³/mol. The molecule has 1 heterocycles. The van der Waals surface area contributed by atoms with Crippen LogP contribution in [0.15, 0.2) is 17.0 Å². The second-order valence-corrected chi connectivity index (χ2v) is 2.35. The van der Waals surface area contributed by atoms with E-state index in [9.17, 15) is 9.59 Å². The van der Waals surface area contributed by atoms with E-state index in [0.29, 0.717) is 6.29 Å². The van der Waals surface area contributed by atoms with Crippen molar-refractivity contribution in [3.8, 4) is 0 Å². The molecule has 5 heteroatoms. The third-order valence-electron chi connectivity index (χ3n) is 1.66. The van der Waals surface area contributed by atoms with Crippen LogP contribution in [0.25, 0.3) is 0 Å². The van der Waals surface area contributed by atoms with Crippen molar-refractivity contribution < 1.29 is 19.1 Å². The first-order valence-corrected chi connectivity index (χ1v) is 3.58. The maximum atomic E-state index is 11.4. The Bertz CT molecular complexity index is 293. The van der Waals surface area contributed by atoms with Crippen LogP contribution >= 0.6 is 0 Å². The third kappa shape index (κ3) is 1.65. The highest BCUT2D eigenvalue weighted by Crippen LogP contribution is 2.11. The number of hydrogen-bond acceptors (Lipinski definition) is 5. The summed E-state index contributed by atoms with van der Waals surface area (Å²) in [5, 5.41) is 0. The molecule has 0 aliphatic carbocycles. The van der Waals surface area contributed by atoms with Crippen LogP contribution in [0.1, 0.15) is 0 Å². The lowest BCUT2D eigenvalue weighted by Crippen LogP contribution is -2.36. The Morgan fingerprint density at radius 3 is 2.69 bits per heavy atom. The minimum atomic E-state index is -0.933. The van der Waals surface area contributed by atoms with E-state index in [1.54, 1.807) is 0 Å². The van der Waals surface area contributed by atoms with E-state index < -0.39 is 6.10 Å². The Hall–Kier alpha value is -1.49. The normalized spacial score (nSPS) is 22.0. The molecule has 1 unspecified atom stereocenters. The molecule has 0 amide bonds. The lowest BCUT2D eigenvalue weighted by Gasteiger charge is -2.16. The molecule has 0 spiro atoms. The number of carbonyl (C=O) groups is 2. The highest BCUT2D eigenvalue weighted by molar-refractivity contribution is 6.38. The van der Waals surface area contributed by atoms with Crippen molar-refractivity contribution in [1.82, 2.24) is 0 Å². The summed E-state index contributed by atoms with van der Waals surface area (Å²) < 4.78 is 9.54. The van der Waals surface area contributed by atoms with Crippen molar-refractivity contribution in [2.24, 2.45) is 4.99 Å². The molecule has 0 aromatic heterocycles. The summed E-state index contributed by atoms with van der Waals surface area (Å²) in [6.07, 6.45) is 0.772. The summed E-state index contributed by atoms with van der Waals surface area (Å²) in [5.74, 6) is -0.292. The minimum absolute atomic E-state index is 0.0632. The van der Waals surface area contributed by atoms with E-state index in [1.807, 2.05) is 0 Å². The van der Waals surface area contributed by atoms with E-state index in [-0.39, 0.29) is 17.3 Å². The Labute approximate surface area is 75.0 Å². The fourth-order valence-corrected chi connectivity index (χ4v) is 1.00. The summed E-state index contributed by atoms with van der Waals surface area (Å²) >= 11 is 0. The van der Waals surface area contributed by atoms with Crippen LogP contribution in [0.3, 0.4) is 0 Å². The molecule has 70 valence electrons. The SMILES string of the molecule is COC1=CN=C(C=O)C(OC)C1=O. The number of hydrogen-bond donors (Lipinski definition) is 0. The van der Waals surface area contributed by atoms with Gasteiger partial charge in [0.1, 0.15) is 5.71 Å². The van der Waals surface area contributed by atoms with Crippen LogP contribution in [0.2, 0.25) is 0 Å². The molecule has 5 nitrogen and oxygen atoms in total.